The van der Waals surface area contributed by atoms with Crippen molar-refractivity contribution >= 4 is 23.6 Å². The van der Waals surface area contributed by atoms with Crippen molar-refractivity contribution in [2.75, 3.05) is 20.7 Å². The number of thioether (sulfide) groups is 1. The Morgan fingerprint density at radius 2 is 1.84 bits per heavy atom. The predicted octanol–water partition coefficient (Wildman–Crippen LogP) is 3.84. The number of aryl methyl sites for hydroxylation is 2. The third kappa shape index (κ3) is 5.64. The van der Waals surface area contributed by atoms with Crippen LogP contribution in [0.4, 0.5) is 0 Å². The van der Waals surface area contributed by atoms with Crippen molar-refractivity contribution in [3.63, 3.8) is 0 Å². The molecule has 0 bridgehead atoms. The first-order valence-corrected chi connectivity index (χ1v) is 9.01. The van der Waals surface area contributed by atoms with E-state index in [2.05, 4.69) is 32.0 Å². The zero-order chi connectivity index (χ0) is 18.4. The van der Waals surface area contributed by atoms with Gasteiger partial charge in [0.25, 0.3) is 5.91 Å². The molecule has 0 heterocycles. The highest BCUT2D eigenvalue weighted by atomic mass is 32.2. The van der Waals surface area contributed by atoms with Crippen molar-refractivity contribution in [3.8, 4) is 0 Å². The number of carbonyl (C=O) groups is 2. The number of amides is 1. The van der Waals surface area contributed by atoms with Gasteiger partial charge in [-0.2, -0.15) is 0 Å². The van der Waals surface area contributed by atoms with E-state index in [0.717, 1.165) is 11.3 Å². The molecule has 0 aliphatic carbocycles. The van der Waals surface area contributed by atoms with Gasteiger partial charge in [0.2, 0.25) is 0 Å². The monoisotopic (exact) mass is 357 g/mol. The molecule has 0 atom stereocenters. The number of esters is 1. The molecule has 0 saturated carbocycles. The van der Waals surface area contributed by atoms with Crippen LogP contribution in [0.5, 0.6) is 0 Å². The normalized spacial score (nSPS) is 10.4. The minimum atomic E-state index is -0.478. The maximum Gasteiger partial charge on any atom is 0.338 e. The third-order valence-corrected chi connectivity index (χ3v) is 4.96. The number of nitrogens with zero attached hydrogens (tertiary/aromatic N) is 1. The zero-order valence-electron chi connectivity index (χ0n) is 15.0. The average molecular weight is 357 g/mol. The van der Waals surface area contributed by atoms with E-state index in [-0.39, 0.29) is 12.5 Å². The standard InChI is InChI=1S/C20H23NO3S/c1-14-8-9-18(15(2)10-14)25-13-16-6-5-7-17(11-16)20(23)24-12-19(22)21(3)4/h5-11H,12-13H2,1-4H3. The SMILES string of the molecule is Cc1ccc(SCc2cccc(C(=O)OCC(=O)N(C)C)c2)c(C)c1. The summed E-state index contributed by atoms with van der Waals surface area (Å²) in [4.78, 5) is 26.2. The van der Waals surface area contributed by atoms with Crippen LogP contribution >= 0.6 is 11.8 Å². The molecule has 0 aromatic heterocycles. The number of carbonyl (C=O) groups excluding carboxylic acids is 2. The molecule has 4 nitrogen and oxygen atoms in total. The Balaban J connectivity index is 1.98. The van der Waals surface area contributed by atoms with Crippen LogP contribution in [-0.4, -0.2) is 37.5 Å². The maximum atomic E-state index is 12.1. The van der Waals surface area contributed by atoms with Gasteiger partial charge in [-0.15, -0.1) is 11.8 Å². The van der Waals surface area contributed by atoms with Gasteiger partial charge in [0.15, 0.2) is 6.61 Å². The lowest BCUT2D eigenvalue weighted by Gasteiger charge is -2.11. The molecule has 2 rings (SSSR count). The predicted molar refractivity (Wildman–Crippen MR) is 101 cm³/mol. The van der Waals surface area contributed by atoms with Crippen LogP contribution < -0.4 is 0 Å². The zero-order valence-corrected chi connectivity index (χ0v) is 15.9. The van der Waals surface area contributed by atoms with Crippen molar-refractivity contribution in [3.05, 3.63) is 64.7 Å². The fourth-order valence-corrected chi connectivity index (χ4v) is 3.20. The Labute approximate surface area is 153 Å². The van der Waals surface area contributed by atoms with Gasteiger partial charge in [0.1, 0.15) is 0 Å². The van der Waals surface area contributed by atoms with E-state index in [1.807, 2.05) is 18.2 Å². The molecule has 1 amide bonds. The van der Waals surface area contributed by atoms with Crippen molar-refractivity contribution in [2.45, 2.75) is 24.5 Å². The second-order valence-electron chi connectivity index (χ2n) is 6.12. The number of rotatable bonds is 6. The molecule has 0 N–H and O–H groups in total. The highest BCUT2D eigenvalue weighted by Gasteiger charge is 2.12. The molecular formula is C20H23NO3S. The summed E-state index contributed by atoms with van der Waals surface area (Å²) in [6.45, 7) is 3.94. The van der Waals surface area contributed by atoms with Crippen LogP contribution in [-0.2, 0) is 15.3 Å². The van der Waals surface area contributed by atoms with Gasteiger partial charge in [-0.05, 0) is 43.2 Å². The molecule has 0 unspecified atom stereocenters. The Hall–Kier alpha value is -2.27. The van der Waals surface area contributed by atoms with Crippen molar-refractivity contribution < 1.29 is 14.3 Å². The number of hydrogen-bond donors (Lipinski definition) is 0. The number of likely N-dealkylation sites (N-methyl/N-ethyl adjacent to an activating group) is 1. The van der Waals surface area contributed by atoms with Crippen molar-refractivity contribution in [1.29, 1.82) is 0 Å². The minimum absolute atomic E-state index is 0.241. The number of ether oxygens (including phenoxy) is 1. The van der Waals surface area contributed by atoms with E-state index < -0.39 is 5.97 Å². The van der Waals surface area contributed by atoms with Crippen LogP contribution in [0.3, 0.4) is 0 Å². The molecule has 2 aromatic rings. The fraction of sp³-hybridized carbons (Fsp3) is 0.300. The van der Waals surface area contributed by atoms with Crippen LogP contribution in [0, 0.1) is 13.8 Å². The second-order valence-corrected chi connectivity index (χ2v) is 7.14. The van der Waals surface area contributed by atoms with Crippen LogP contribution in [0.2, 0.25) is 0 Å². The average Bonchev–Trinajstić information content (AvgIpc) is 2.58. The second kappa shape index (κ2) is 8.72. The molecule has 0 spiro atoms. The summed E-state index contributed by atoms with van der Waals surface area (Å²) in [6, 6.07) is 13.7. The Morgan fingerprint density at radius 3 is 2.52 bits per heavy atom. The molecule has 0 radical (unpaired) electrons. The topological polar surface area (TPSA) is 46.6 Å². The molecule has 0 saturated heterocycles. The highest BCUT2D eigenvalue weighted by molar-refractivity contribution is 7.98. The molecule has 0 aliphatic heterocycles. The van der Waals surface area contributed by atoms with E-state index >= 15 is 0 Å². The van der Waals surface area contributed by atoms with E-state index in [0.29, 0.717) is 5.56 Å². The van der Waals surface area contributed by atoms with Gasteiger partial charge < -0.3 is 9.64 Å². The first kappa shape index (κ1) is 19.1. The van der Waals surface area contributed by atoms with Crippen LogP contribution in [0.25, 0.3) is 0 Å². The number of hydrogen-bond acceptors (Lipinski definition) is 4. The molecule has 0 fully saturated rings. The van der Waals surface area contributed by atoms with Crippen molar-refractivity contribution in [1.82, 2.24) is 4.90 Å². The highest BCUT2D eigenvalue weighted by Crippen LogP contribution is 2.27. The van der Waals surface area contributed by atoms with E-state index in [1.54, 1.807) is 31.9 Å². The molecule has 2 aromatic carbocycles. The molecule has 25 heavy (non-hydrogen) atoms. The van der Waals surface area contributed by atoms with Gasteiger partial charge in [-0.3, -0.25) is 4.79 Å². The molecular weight excluding hydrogens is 334 g/mol. The quantitative estimate of drug-likeness (QED) is 0.582. The van der Waals surface area contributed by atoms with Gasteiger partial charge in [0, 0.05) is 24.7 Å². The Morgan fingerprint density at radius 1 is 1.08 bits per heavy atom. The summed E-state index contributed by atoms with van der Waals surface area (Å²) in [5.41, 5.74) is 4.00. The molecule has 5 heteroatoms. The van der Waals surface area contributed by atoms with Crippen molar-refractivity contribution in [2.24, 2.45) is 0 Å². The molecule has 0 aliphatic rings. The summed E-state index contributed by atoms with van der Waals surface area (Å²) in [6.07, 6.45) is 0. The summed E-state index contributed by atoms with van der Waals surface area (Å²) >= 11 is 1.74. The summed E-state index contributed by atoms with van der Waals surface area (Å²) < 4.78 is 5.06. The number of benzene rings is 2. The first-order chi connectivity index (χ1) is 11.9. The first-order valence-electron chi connectivity index (χ1n) is 8.03. The lowest BCUT2D eigenvalue weighted by Crippen LogP contribution is -2.27. The fourth-order valence-electron chi connectivity index (χ4n) is 2.25. The smallest absolute Gasteiger partial charge is 0.338 e. The maximum absolute atomic E-state index is 12.1. The Bertz CT molecular complexity index is 771. The van der Waals surface area contributed by atoms with Crippen LogP contribution in [0.15, 0.2) is 47.4 Å². The van der Waals surface area contributed by atoms with E-state index in [9.17, 15) is 9.59 Å². The lowest BCUT2D eigenvalue weighted by atomic mass is 10.1. The summed E-state index contributed by atoms with van der Waals surface area (Å²) in [5, 5.41) is 0. The van der Waals surface area contributed by atoms with Gasteiger partial charge in [-0.25, -0.2) is 4.79 Å². The van der Waals surface area contributed by atoms with Crippen LogP contribution in [0.1, 0.15) is 27.0 Å². The lowest BCUT2D eigenvalue weighted by molar-refractivity contribution is -0.131. The third-order valence-electron chi connectivity index (χ3n) is 3.71. The van der Waals surface area contributed by atoms with Gasteiger partial charge in [0.05, 0.1) is 5.56 Å². The molecule has 132 valence electrons. The van der Waals surface area contributed by atoms with Gasteiger partial charge >= 0.3 is 5.97 Å². The van der Waals surface area contributed by atoms with Gasteiger partial charge in [-0.1, -0.05) is 29.8 Å². The summed E-state index contributed by atoms with van der Waals surface area (Å²) in [7, 11) is 3.25. The largest absolute Gasteiger partial charge is 0.452 e. The summed E-state index contributed by atoms with van der Waals surface area (Å²) in [5.74, 6) is 0.0465. The minimum Gasteiger partial charge on any atom is -0.452 e. The van der Waals surface area contributed by atoms with E-state index in [1.165, 1.54) is 20.9 Å². The van der Waals surface area contributed by atoms with E-state index in [4.69, 9.17) is 4.74 Å². The Kier molecular flexibility index (Phi) is 6.65.